The van der Waals surface area contributed by atoms with Gasteiger partial charge in [0.15, 0.2) is 0 Å². The maximum absolute atomic E-state index is 13.2. The molecule has 1 saturated heterocycles. The highest BCUT2D eigenvalue weighted by Crippen LogP contribution is 2.27. The number of hydrogen-bond acceptors (Lipinski definition) is 6. The normalized spacial score (nSPS) is 14.1. The maximum atomic E-state index is 13.2. The zero-order valence-corrected chi connectivity index (χ0v) is 23.5. The predicted molar refractivity (Wildman–Crippen MR) is 164 cm³/mol. The Labute approximate surface area is 245 Å². The smallest absolute Gasteiger partial charge is 0.325 e. The lowest BCUT2D eigenvalue weighted by atomic mass is 9.99. The zero-order chi connectivity index (χ0) is 29.3. The number of amides is 2. The number of nitrogens with one attached hydrogen (secondary N) is 2. The molecule has 1 fully saturated rings. The largest absolute Gasteiger partial charge is 0.468 e. The van der Waals surface area contributed by atoms with Crippen molar-refractivity contribution in [2.24, 2.45) is 0 Å². The third-order valence-electron chi connectivity index (χ3n) is 7.42. The minimum atomic E-state index is -0.505. The third kappa shape index (κ3) is 6.85. The zero-order valence-electron chi connectivity index (χ0n) is 23.5. The van der Waals surface area contributed by atoms with Crippen LogP contribution in [0.15, 0.2) is 109 Å². The first kappa shape index (κ1) is 28.6. The Morgan fingerprint density at radius 1 is 0.762 bits per heavy atom. The molecule has 4 aromatic carbocycles. The van der Waals surface area contributed by atoms with E-state index in [1.807, 2.05) is 109 Å². The summed E-state index contributed by atoms with van der Waals surface area (Å²) in [5, 5.41) is 5.75. The quantitative estimate of drug-likeness (QED) is 0.286. The van der Waals surface area contributed by atoms with Gasteiger partial charge in [-0.3, -0.25) is 19.3 Å². The molecule has 2 N–H and O–H groups in total. The molecule has 1 aliphatic heterocycles. The van der Waals surface area contributed by atoms with Crippen LogP contribution in [0.3, 0.4) is 0 Å². The number of carbonyl (C=O) groups is 3. The van der Waals surface area contributed by atoms with Crippen LogP contribution in [0, 0.1) is 0 Å². The number of carbonyl (C=O) groups excluding carboxylic acids is 3. The molecule has 8 nitrogen and oxygen atoms in total. The van der Waals surface area contributed by atoms with E-state index < -0.39 is 12.0 Å². The van der Waals surface area contributed by atoms with E-state index in [1.165, 1.54) is 7.11 Å². The first-order valence-electron chi connectivity index (χ1n) is 14.0. The fraction of sp³-hybridized carbons (Fsp3) is 0.206. The van der Waals surface area contributed by atoms with Crippen LogP contribution in [0.25, 0.3) is 11.1 Å². The van der Waals surface area contributed by atoms with E-state index >= 15 is 0 Å². The number of anilines is 2. The number of benzene rings is 4. The molecule has 1 aliphatic rings. The Morgan fingerprint density at radius 2 is 1.38 bits per heavy atom. The van der Waals surface area contributed by atoms with Crippen LogP contribution in [0.1, 0.15) is 22.0 Å². The van der Waals surface area contributed by atoms with Crippen LogP contribution in [-0.4, -0.2) is 62.5 Å². The molecule has 0 aliphatic carbocycles. The van der Waals surface area contributed by atoms with Crippen molar-refractivity contribution in [1.82, 2.24) is 10.2 Å². The molecule has 8 heteroatoms. The van der Waals surface area contributed by atoms with Gasteiger partial charge < -0.3 is 20.3 Å². The van der Waals surface area contributed by atoms with Crippen LogP contribution in [0.5, 0.6) is 0 Å². The molecular formula is C34H34N4O4. The van der Waals surface area contributed by atoms with Gasteiger partial charge in [-0.1, -0.05) is 78.9 Å². The van der Waals surface area contributed by atoms with Crippen molar-refractivity contribution in [3.05, 3.63) is 120 Å². The number of ether oxygens (including phenoxy) is 1. The first-order chi connectivity index (χ1) is 20.5. The van der Waals surface area contributed by atoms with Gasteiger partial charge in [-0.2, -0.15) is 0 Å². The molecule has 0 aromatic heterocycles. The van der Waals surface area contributed by atoms with Crippen molar-refractivity contribution in [1.29, 1.82) is 0 Å². The molecule has 1 heterocycles. The van der Waals surface area contributed by atoms with E-state index in [0.717, 1.165) is 41.2 Å². The number of nitrogens with zero attached hydrogens (tertiary/aromatic N) is 2. The lowest BCUT2D eigenvalue weighted by Gasteiger charge is -2.39. The number of hydrogen-bond donors (Lipinski definition) is 2. The second kappa shape index (κ2) is 13.6. The van der Waals surface area contributed by atoms with E-state index in [1.54, 1.807) is 0 Å². The van der Waals surface area contributed by atoms with Gasteiger partial charge in [0.1, 0.15) is 12.6 Å². The molecule has 0 saturated carbocycles. The Hall–Kier alpha value is -4.95. The second-order valence-corrected chi connectivity index (χ2v) is 10.0. The van der Waals surface area contributed by atoms with E-state index in [4.69, 9.17) is 0 Å². The lowest BCUT2D eigenvalue weighted by Crippen LogP contribution is -2.51. The van der Waals surface area contributed by atoms with Crippen molar-refractivity contribution in [2.45, 2.75) is 6.04 Å². The average molecular weight is 563 g/mol. The van der Waals surface area contributed by atoms with Crippen LogP contribution >= 0.6 is 0 Å². The van der Waals surface area contributed by atoms with E-state index in [-0.39, 0.29) is 18.4 Å². The summed E-state index contributed by atoms with van der Waals surface area (Å²) in [6.45, 7) is 2.62. The summed E-state index contributed by atoms with van der Waals surface area (Å²) in [6, 6.07) is 34.4. The average Bonchev–Trinajstić information content (AvgIpc) is 3.05. The van der Waals surface area contributed by atoms with Gasteiger partial charge in [0.25, 0.3) is 5.91 Å². The van der Waals surface area contributed by atoms with Crippen molar-refractivity contribution in [3.63, 3.8) is 0 Å². The maximum Gasteiger partial charge on any atom is 0.325 e. The van der Waals surface area contributed by atoms with E-state index in [2.05, 4.69) is 25.2 Å². The van der Waals surface area contributed by atoms with Crippen molar-refractivity contribution >= 4 is 29.2 Å². The fourth-order valence-corrected chi connectivity index (χ4v) is 5.23. The Balaban J connectivity index is 1.22. The summed E-state index contributed by atoms with van der Waals surface area (Å²) in [6.07, 6.45) is 0. The topological polar surface area (TPSA) is 91.0 Å². The highest BCUT2D eigenvalue weighted by molar-refractivity contribution is 6.08. The summed E-state index contributed by atoms with van der Waals surface area (Å²) in [5.74, 6) is -0.873. The van der Waals surface area contributed by atoms with Crippen LogP contribution < -0.4 is 15.5 Å². The minimum absolute atomic E-state index is 0.159. The molecule has 42 heavy (non-hydrogen) atoms. The number of rotatable bonds is 9. The molecular weight excluding hydrogens is 528 g/mol. The molecule has 5 rings (SSSR count). The van der Waals surface area contributed by atoms with Gasteiger partial charge in [-0.15, -0.1) is 0 Å². The van der Waals surface area contributed by atoms with Crippen LogP contribution in [0.2, 0.25) is 0 Å². The fourth-order valence-electron chi connectivity index (χ4n) is 5.23. The predicted octanol–water partition coefficient (Wildman–Crippen LogP) is 4.76. The molecule has 0 spiro atoms. The highest BCUT2D eigenvalue weighted by Gasteiger charge is 2.30. The standard InChI is InChI=1S/C34H34N4O4/c1-42-31(39)24-35-34(41)32(26-12-6-3-7-13-26)38-22-20-37(21-23-38)28-18-16-27(17-19-28)36-33(40)30-15-9-8-14-29(30)25-10-4-2-5-11-25/h2-19,32H,20-24H2,1H3,(H,35,41)(H,36,40). The van der Waals surface area contributed by atoms with Gasteiger partial charge in [0, 0.05) is 43.1 Å². The lowest BCUT2D eigenvalue weighted by molar-refractivity contribution is -0.141. The summed E-state index contributed by atoms with van der Waals surface area (Å²) in [5.41, 5.74) is 5.14. The summed E-state index contributed by atoms with van der Waals surface area (Å²) >= 11 is 0. The number of esters is 1. The van der Waals surface area contributed by atoms with Gasteiger partial charge in [0.2, 0.25) is 5.91 Å². The molecule has 2 amide bonds. The highest BCUT2D eigenvalue weighted by atomic mass is 16.5. The number of methoxy groups -OCH3 is 1. The van der Waals surface area contributed by atoms with E-state index in [9.17, 15) is 14.4 Å². The van der Waals surface area contributed by atoms with Crippen molar-refractivity contribution in [3.8, 4) is 11.1 Å². The molecule has 0 radical (unpaired) electrons. The van der Waals surface area contributed by atoms with Gasteiger partial charge in [-0.25, -0.2) is 0 Å². The summed E-state index contributed by atoms with van der Waals surface area (Å²) in [7, 11) is 1.30. The molecule has 1 unspecified atom stereocenters. The Kier molecular flexibility index (Phi) is 9.26. The van der Waals surface area contributed by atoms with Crippen molar-refractivity contribution in [2.75, 3.05) is 50.1 Å². The third-order valence-corrected chi connectivity index (χ3v) is 7.42. The molecule has 4 aromatic rings. The number of piperazine rings is 1. The summed E-state index contributed by atoms with van der Waals surface area (Å²) in [4.78, 5) is 42.3. The SMILES string of the molecule is COC(=O)CNC(=O)C(c1ccccc1)N1CCN(c2ccc(NC(=O)c3ccccc3-c3ccccc3)cc2)CC1. The second-order valence-electron chi connectivity index (χ2n) is 10.0. The minimum Gasteiger partial charge on any atom is -0.468 e. The van der Waals surface area contributed by atoms with Gasteiger partial charge in [-0.05, 0) is 47.0 Å². The van der Waals surface area contributed by atoms with Crippen LogP contribution in [-0.2, 0) is 14.3 Å². The summed E-state index contributed by atoms with van der Waals surface area (Å²) < 4.78 is 4.67. The Morgan fingerprint density at radius 3 is 2.05 bits per heavy atom. The van der Waals surface area contributed by atoms with Crippen LogP contribution in [0.4, 0.5) is 11.4 Å². The molecule has 1 atom stereocenters. The van der Waals surface area contributed by atoms with Gasteiger partial charge >= 0.3 is 5.97 Å². The van der Waals surface area contributed by atoms with Crippen molar-refractivity contribution < 1.29 is 19.1 Å². The Bertz CT molecular complexity index is 1500. The molecule has 214 valence electrons. The monoisotopic (exact) mass is 562 g/mol. The van der Waals surface area contributed by atoms with E-state index in [0.29, 0.717) is 18.7 Å². The first-order valence-corrected chi connectivity index (χ1v) is 14.0. The van der Waals surface area contributed by atoms with Gasteiger partial charge in [0.05, 0.1) is 7.11 Å². The molecule has 0 bridgehead atoms.